The Kier molecular flexibility index (Phi) is 1.94. The first kappa shape index (κ1) is 8.80. The highest BCUT2D eigenvalue weighted by molar-refractivity contribution is 5.41. The van der Waals surface area contributed by atoms with Crippen molar-refractivity contribution in [3.8, 4) is 0 Å². The molecule has 0 amide bonds. The van der Waals surface area contributed by atoms with Gasteiger partial charge in [0.1, 0.15) is 0 Å². The molecule has 0 heteroatoms. The van der Waals surface area contributed by atoms with E-state index in [-0.39, 0.29) is 0 Å². The molecule has 0 unspecified atom stereocenters. The van der Waals surface area contributed by atoms with E-state index in [4.69, 9.17) is 0 Å². The van der Waals surface area contributed by atoms with Crippen molar-refractivity contribution < 1.29 is 0 Å². The molecule has 2 rings (SSSR count). The van der Waals surface area contributed by atoms with E-state index in [1.807, 2.05) is 0 Å². The van der Waals surface area contributed by atoms with Gasteiger partial charge >= 0.3 is 0 Å². The van der Waals surface area contributed by atoms with E-state index in [0.29, 0.717) is 5.41 Å². The number of hydrogen-bond donors (Lipinski definition) is 0. The van der Waals surface area contributed by atoms with Gasteiger partial charge in [-0.1, -0.05) is 45.0 Å². The fraction of sp³-hybridized carbons (Fsp3) is 0.538. The number of benzene rings is 1. The average Bonchev–Trinajstić information content (AvgIpc) is 2.39. The van der Waals surface area contributed by atoms with Crippen LogP contribution in [0.15, 0.2) is 24.3 Å². The summed E-state index contributed by atoms with van der Waals surface area (Å²) in [5.74, 6) is 0.797. The second-order valence-corrected chi connectivity index (χ2v) is 4.78. The Morgan fingerprint density at radius 3 is 2.69 bits per heavy atom. The van der Waals surface area contributed by atoms with Gasteiger partial charge in [-0.05, 0) is 35.3 Å². The average molecular weight is 174 g/mol. The molecule has 0 heterocycles. The maximum Gasteiger partial charge on any atom is -0.00949 e. The largest absolute Gasteiger partial charge is 0.0648 e. The molecule has 0 bridgehead atoms. The molecule has 13 heavy (non-hydrogen) atoms. The van der Waals surface area contributed by atoms with Gasteiger partial charge in [0.25, 0.3) is 0 Å². The third kappa shape index (κ3) is 1.29. The van der Waals surface area contributed by atoms with Crippen molar-refractivity contribution in [2.75, 3.05) is 0 Å². The third-order valence-corrected chi connectivity index (χ3v) is 3.38. The monoisotopic (exact) mass is 174 g/mol. The molecule has 0 nitrogen and oxygen atoms in total. The lowest BCUT2D eigenvalue weighted by atomic mass is 9.86. The Bertz CT molecular complexity index is 310. The molecular weight excluding hydrogens is 156 g/mol. The van der Waals surface area contributed by atoms with E-state index in [9.17, 15) is 0 Å². The Hall–Kier alpha value is -0.780. The maximum atomic E-state index is 2.36. The number of rotatable bonds is 1. The van der Waals surface area contributed by atoms with E-state index in [1.165, 1.54) is 12.8 Å². The molecule has 0 N–H and O–H groups in total. The summed E-state index contributed by atoms with van der Waals surface area (Å²) >= 11 is 0. The first-order valence-electron chi connectivity index (χ1n) is 5.24. The lowest BCUT2D eigenvalue weighted by molar-refractivity contribution is 0.469. The van der Waals surface area contributed by atoms with Gasteiger partial charge in [0.2, 0.25) is 0 Å². The summed E-state index contributed by atoms with van der Waals surface area (Å²) in [5, 5.41) is 0. The predicted octanol–water partition coefficient (Wildman–Crippen LogP) is 3.86. The molecule has 0 spiro atoms. The zero-order chi connectivity index (χ0) is 9.47. The number of hydrogen-bond acceptors (Lipinski definition) is 0. The van der Waals surface area contributed by atoms with E-state index in [1.54, 1.807) is 11.1 Å². The second-order valence-electron chi connectivity index (χ2n) is 4.78. The molecule has 0 aliphatic heterocycles. The first-order chi connectivity index (χ1) is 6.15. The fourth-order valence-electron chi connectivity index (χ4n) is 2.67. The lowest BCUT2D eigenvalue weighted by Gasteiger charge is -2.18. The van der Waals surface area contributed by atoms with Crippen molar-refractivity contribution in [1.29, 1.82) is 0 Å². The van der Waals surface area contributed by atoms with Crippen LogP contribution >= 0.6 is 0 Å². The third-order valence-electron chi connectivity index (χ3n) is 3.38. The highest BCUT2D eigenvalue weighted by Crippen LogP contribution is 2.46. The highest BCUT2D eigenvalue weighted by atomic mass is 14.4. The zero-order valence-corrected chi connectivity index (χ0v) is 8.80. The Labute approximate surface area is 81.0 Å². The van der Waals surface area contributed by atoms with Gasteiger partial charge in [0.15, 0.2) is 0 Å². The molecular formula is C13H18. The summed E-state index contributed by atoms with van der Waals surface area (Å²) in [6.07, 6.45) is 2.60. The summed E-state index contributed by atoms with van der Waals surface area (Å²) in [5.41, 5.74) is 3.56. The molecule has 0 saturated carbocycles. The summed E-state index contributed by atoms with van der Waals surface area (Å²) in [6, 6.07) is 8.94. The minimum absolute atomic E-state index is 0.400. The Morgan fingerprint density at radius 2 is 2.00 bits per heavy atom. The summed E-state index contributed by atoms with van der Waals surface area (Å²) < 4.78 is 0. The Morgan fingerprint density at radius 1 is 1.31 bits per heavy atom. The SMILES string of the molecule is CC[C@H]1CC(C)(C)c2ccccc21. The van der Waals surface area contributed by atoms with Crippen LogP contribution in [0.4, 0.5) is 0 Å². The lowest BCUT2D eigenvalue weighted by Crippen LogP contribution is -2.11. The van der Waals surface area contributed by atoms with Crippen LogP contribution in [0.1, 0.15) is 50.7 Å². The molecule has 0 aromatic heterocycles. The normalized spacial score (nSPS) is 24.4. The number of fused-ring (bicyclic) bond motifs is 1. The van der Waals surface area contributed by atoms with Crippen molar-refractivity contribution in [2.24, 2.45) is 0 Å². The summed E-state index contributed by atoms with van der Waals surface area (Å²) in [7, 11) is 0. The molecule has 1 atom stereocenters. The predicted molar refractivity (Wildman–Crippen MR) is 57.1 cm³/mol. The van der Waals surface area contributed by atoms with Gasteiger partial charge in [-0.15, -0.1) is 0 Å². The van der Waals surface area contributed by atoms with Gasteiger partial charge in [0, 0.05) is 0 Å². The fourth-order valence-corrected chi connectivity index (χ4v) is 2.67. The van der Waals surface area contributed by atoms with Crippen LogP contribution in [0.3, 0.4) is 0 Å². The van der Waals surface area contributed by atoms with Crippen LogP contribution in [0, 0.1) is 0 Å². The quantitative estimate of drug-likeness (QED) is 0.606. The maximum absolute atomic E-state index is 2.36. The van der Waals surface area contributed by atoms with Gasteiger partial charge in [0.05, 0.1) is 0 Å². The van der Waals surface area contributed by atoms with Crippen LogP contribution in [0.2, 0.25) is 0 Å². The molecule has 1 aliphatic carbocycles. The molecule has 1 aromatic carbocycles. The standard InChI is InChI=1S/C13H18/c1-4-10-9-13(2,3)12-8-6-5-7-11(10)12/h5-8,10H,4,9H2,1-3H3/t10-/m0/s1. The van der Waals surface area contributed by atoms with Gasteiger partial charge in [-0.2, -0.15) is 0 Å². The molecule has 0 saturated heterocycles. The topological polar surface area (TPSA) is 0 Å². The Balaban J connectivity index is 2.51. The molecule has 0 radical (unpaired) electrons. The molecule has 1 aliphatic rings. The van der Waals surface area contributed by atoms with Gasteiger partial charge in [-0.25, -0.2) is 0 Å². The van der Waals surface area contributed by atoms with Crippen LogP contribution in [0.5, 0.6) is 0 Å². The molecule has 1 aromatic rings. The molecule has 70 valence electrons. The van der Waals surface area contributed by atoms with Gasteiger partial charge < -0.3 is 0 Å². The van der Waals surface area contributed by atoms with Crippen LogP contribution in [-0.2, 0) is 5.41 Å². The highest BCUT2D eigenvalue weighted by Gasteiger charge is 2.34. The smallest absolute Gasteiger partial charge is 0.00949 e. The minimum atomic E-state index is 0.400. The van der Waals surface area contributed by atoms with Crippen molar-refractivity contribution in [2.45, 2.75) is 44.9 Å². The van der Waals surface area contributed by atoms with Crippen LogP contribution in [-0.4, -0.2) is 0 Å². The second kappa shape index (κ2) is 2.87. The van der Waals surface area contributed by atoms with Crippen molar-refractivity contribution in [3.63, 3.8) is 0 Å². The van der Waals surface area contributed by atoms with Crippen molar-refractivity contribution in [3.05, 3.63) is 35.4 Å². The zero-order valence-electron chi connectivity index (χ0n) is 8.80. The summed E-state index contributed by atoms with van der Waals surface area (Å²) in [6.45, 7) is 7.02. The van der Waals surface area contributed by atoms with E-state index >= 15 is 0 Å². The van der Waals surface area contributed by atoms with Crippen LogP contribution < -0.4 is 0 Å². The van der Waals surface area contributed by atoms with E-state index < -0.39 is 0 Å². The van der Waals surface area contributed by atoms with E-state index in [2.05, 4.69) is 45.0 Å². The molecule has 0 fully saturated rings. The van der Waals surface area contributed by atoms with Gasteiger partial charge in [-0.3, -0.25) is 0 Å². The van der Waals surface area contributed by atoms with E-state index in [0.717, 1.165) is 5.92 Å². The minimum Gasteiger partial charge on any atom is -0.0648 e. The van der Waals surface area contributed by atoms with Crippen LogP contribution in [0.25, 0.3) is 0 Å². The first-order valence-corrected chi connectivity index (χ1v) is 5.24. The van der Waals surface area contributed by atoms with Crippen molar-refractivity contribution >= 4 is 0 Å². The summed E-state index contributed by atoms with van der Waals surface area (Å²) in [4.78, 5) is 0. The van der Waals surface area contributed by atoms with Crippen molar-refractivity contribution in [1.82, 2.24) is 0 Å².